The SMILES string of the molecule is CNC(=O)c1ccc(CCc2c(O[C@@H](Cc3ncc[nH]3)c3ccccc3)ccc3c2CCCC3=O)cc1. The number of fused-ring (bicyclic) bond motifs is 1. The average molecular weight is 494 g/mol. The van der Waals surface area contributed by atoms with Gasteiger partial charge in [-0.3, -0.25) is 9.59 Å². The van der Waals surface area contributed by atoms with Crippen molar-refractivity contribution in [1.29, 1.82) is 0 Å². The number of aryl methyl sites for hydroxylation is 1. The maximum absolute atomic E-state index is 12.7. The summed E-state index contributed by atoms with van der Waals surface area (Å²) in [6, 6.07) is 21.8. The largest absolute Gasteiger partial charge is 0.485 e. The number of ketones is 1. The van der Waals surface area contributed by atoms with Gasteiger partial charge in [0.05, 0.1) is 0 Å². The molecule has 6 nitrogen and oxygen atoms in total. The summed E-state index contributed by atoms with van der Waals surface area (Å²) in [7, 11) is 1.63. The van der Waals surface area contributed by atoms with Crippen LogP contribution in [0.4, 0.5) is 0 Å². The number of hydrogen-bond acceptors (Lipinski definition) is 4. The summed E-state index contributed by atoms with van der Waals surface area (Å²) >= 11 is 0. The molecule has 4 aromatic rings. The highest BCUT2D eigenvalue weighted by molar-refractivity contribution is 5.99. The number of imidazole rings is 1. The van der Waals surface area contributed by atoms with E-state index in [9.17, 15) is 9.59 Å². The zero-order valence-corrected chi connectivity index (χ0v) is 21.0. The van der Waals surface area contributed by atoms with E-state index in [0.717, 1.165) is 65.1 Å². The fourth-order valence-electron chi connectivity index (χ4n) is 5.03. The van der Waals surface area contributed by atoms with E-state index in [0.29, 0.717) is 18.4 Å². The number of Topliss-reactive ketones (excluding diaryl/α,β-unsaturated/α-hetero) is 1. The van der Waals surface area contributed by atoms with E-state index in [1.807, 2.05) is 60.8 Å². The minimum absolute atomic E-state index is 0.0959. The molecule has 1 atom stereocenters. The second kappa shape index (κ2) is 11.2. The number of amides is 1. The van der Waals surface area contributed by atoms with E-state index in [-0.39, 0.29) is 17.8 Å². The fourth-order valence-corrected chi connectivity index (χ4v) is 5.03. The molecular weight excluding hydrogens is 462 g/mol. The van der Waals surface area contributed by atoms with Gasteiger partial charge in [0.25, 0.3) is 5.91 Å². The molecule has 6 heteroatoms. The third kappa shape index (κ3) is 5.64. The molecule has 1 aliphatic carbocycles. The van der Waals surface area contributed by atoms with E-state index in [1.165, 1.54) is 0 Å². The van der Waals surface area contributed by atoms with Crippen LogP contribution >= 0.6 is 0 Å². The molecule has 0 aliphatic heterocycles. The van der Waals surface area contributed by atoms with Crippen molar-refractivity contribution in [3.8, 4) is 5.75 Å². The van der Waals surface area contributed by atoms with Crippen LogP contribution in [0.2, 0.25) is 0 Å². The van der Waals surface area contributed by atoms with Crippen LogP contribution in [0.25, 0.3) is 0 Å². The number of hydrogen-bond donors (Lipinski definition) is 2. The average Bonchev–Trinajstić information content (AvgIpc) is 3.46. The molecule has 0 radical (unpaired) electrons. The smallest absolute Gasteiger partial charge is 0.251 e. The minimum Gasteiger partial charge on any atom is -0.485 e. The molecule has 0 spiro atoms. The van der Waals surface area contributed by atoms with E-state index in [1.54, 1.807) is 13.2 Å². The molecule has 1 amide bonds. The third-order valence-electron chi connectivity index (χ3n) is 7.00. The number of H-pyrrole nitrogens is 1. The lowest BCUT2D eigenvalue weighted by Gasteiger charge is -2.25. The Morgan fingerprint density at radius 2 is 1.84 bits per heavy atom. The number of aromatic amines is 1. The van der Waals surface area contributed by atoms with Crippen LogP contribution in [0.15, 0.2) is 79.1 Å². The summed E-state index contributed by atoms with van der Waals surface area (Å²) in [5, 5.41) is 2.66. The van der Waals surface area contributed by atoms with Gasteiger partial charge in [-0.15, -0.1) is 0 Å². The summed E-state index contributed by atoms with van der Waals surface area (Å²) in [6.45, 7) is 0. The highest BCUT2D eigenvalue weighted by atomic mass is 16.5. The molecule has 0 unspecified atom stereocenters. The molecule has 0 bridgehead atoms. The fraction of sp³-hybridized carbons (Fsp3) is 0.258. The highest BCUT2D eigenvalue weighted by Crippen LogP contribution is 2.35. The first-order valence-corrected chi connectivity index (χ1v) is 12.8. The topological polar surface area (TPSA) is 84.1 Å². The minimum atomic E-state index is -0.227. The molecule has 0 saturated carbocycles. The molecule has 2 N–H and O–H groups in total. The first kappa shape index (κ1) is 24.5. The van der Waals surface area contributed by atoms with Gasteiger partial charge in [0.15, 0.2) is 5.78 Å². The summed E-state index contributed by atoms with van der Waals surface area (Å²) in [5.74, 6) is 1.79. The molecule has 1 aromatic heterocycles. The number of aromatic nitrogens is 2. The van der Waals surface area contributed by atoms with Gasteiger partial charge in [0.2, 0.25) is 0 Å². The van der Waals surface area contributed by atoms with E-state index < -0.39 is 0 Å². The lowest BCUT2D eigenvalue weighted by Crippen LogP contribution is -2.18. The molecule has 37 heavy (non-hydrogen) atoms. The van der Waals surface area contributed by atoms with Gasteiger partial charge in [-0.2, -0.15) is 0 Å². The number of benzene rings is 3. The summed E-state index contributed by atoms with van der Waals surface area (Å²) in [4.78, 5) is 32.2. The Kier molecular flexibility index (Phi) is 7.45. The van der Waals surface area contributed by atoms with Crippen molar-refractivity contribution in [2.24, 2.45) is 0 Å². The van der Waals surface area contributed by atoms with Crippen LogP contribution in [-0.4, -0.2) is 28.7 Å². The highest BCUT2D eigenvalue weighted by Gasteiger charge is 2.24. The van der Waals surface area contributed by atoms with Crippen molar-refractivity contribution in [1.82, 2.24) is 15.3 Å². The Bertz CT molecular complexity index is 1360. The van der Waals surface area contributed by atoms with Gasteiger partial charge in [-0.25, -0.2) is 4.98 Å². The Labute approximate surface area is 217 Å². The van der Waals surface area contributed by atoms with E-state index in [2.05, 4.69) is 27.4 Å². The first-order valence-electron chi connectivity index (χ1n) is 12.8. The Morgan fingerprint density at radius 1 is 1.03 bits per heavy atom. The van der Waals surface area contributed by atoms with Gasteiger partial charge in [-0.1, -0.05) is 42.5 Å². The van der Waals surface area contributed by atoms with E-state index in [4.69, 9.17) is 4.74 Å². The maximum atomic E-state index is 12.7. The maximum Gasteiger partial charge on any atom is 0.251 e. The molecule has 188 valence electrons. The standard InChI is InChI=1S/C31H31N3O3/c1-32-31(36)23-13-10-21(11-14-23)12-15-26-24-8-5-9-27(35)25(24)16-17-28(26)37-29(20-30-33-18-19-34-30)22-6-3-2-4-7-22/h2-4,6-7,10-11,13-14,16-19,29H,5,8-9,12,15,20H2,1H3,(H,32,36)(H,33,34)/t29-/m0/s1. The zero-order chi connectivity index (χ0) is 25.6. The number of nitrogens with one attached hydrogen (secondary N) is 2. The monoisotopic (exact) mass is 493 g/mol. The van der Waals surface area contributed by atoms with Crippen molar-refractivity contribution in [3.05, 3.63) is 118 Å². The van der Waals surface area contributed by atoms with Crippen LogP contribution in [-0.2, 0) is 25.7 Å². The van der Waals surface area contributed by atoms with Gasteiger partial charge < -0.3 is 15.0 Å². The number of rotatable bonds is 9. The van der Waals surface area contributed by atoms with Gasteiger partial charge in [0.1, 0.15) is 17.7 Å². The van der Waals surface area contributed by atoms with Crippen molar-refractivity contribution in [2.45, 2.75) is 44.6 Å². The third-order valence-corrected chi connectivity index (χ3v) is 7.00. The molecule has 1 aliphatic rings. The Hall–Kier alpha value is -4.19. The van der Waals surface area contributed by atoms with Crippen molar-refractivity contribution in [2.75, 3.05) is 7.05 Å². The van der Waals surface area contributed by atoms with Crippen LogP contribution < -0.4 is 10.1 Å². The summed E-state index contributed by atoms with van der Waals surface area (Å²) < 4.78 is 6.74. The normalized spacial score (nSPS) is 13.6. The second-order valence-electron chi connectivity index (χ2n) is 9.38. The molecule has 0 fully saturated rings. The van der Waals surface area contributed by atoms with Gasteiger partial charge in [-0.05, 0) is 72.2 Å². The van der Waals surface area contributed by atoms with Gasteiger partial charge >= 0.3 is 0 Å². The second-order valence-corrected chi connectivity index (χ2v) is 9.38. The molecule has 3 aromatic carbocycles. The van der Waals surface area contributed by atoms with Crippen molar-refractivity contribution < 1.29 is 14.3 Å². The first-order chi connectivity index (χ1) is 18.1. The number of nitrogens with zero attached hydrogens (tertiary/aromatic N) is 1. The predicted octanol–water partition coefficient (Wildman–Crippen LogP) is 5.44. The number of ether oxygens (including phenoxy) is 1. The number of carbonyl (C=O) groups is 2. The van der Waals surface area contributed by atoms with Crippen LogP contribution in [0.1, 0.15) is 67.7 Å². The summed E-state index contributed by atoms with van der Waals surface area (Å²) in [5.41, 5.74) is 5.88. The molecule has 1 heterocycles. The molecule has 5 rings (SSSR count). The lowest BCUT2D eigenvalue weighted by atomic mass is 9.85. The molecule has 0 saturated heterocycles. The summed E-state index contributed by atoms with van der Waals surface area (Å²) in [6.07, 6.45) is 7.80. The lowest BCUT2D eigenvalue weighted by molar-refractivity contribution is 0.0958. The predicted molar refractivity (Wildman–Crippen MR) is 143 cm³/mol. The van der Waals surface area contributed by atoms with Crippen molar-refractivity contribution in [3.63, 3.8) is 0 Å². The van der Waals surface area contributed by atoms with Crippen LogP contribution in [0.3, 0.4) is 0 Å². The number of carbonyl (C=O) groups excluding carboxylic acids is 2. The Morgan fingerprint density at radius 3 is 2.57 bits per heavy atom. The van der Waals surface area contributed by atoms with Crippen molar-refractivity contribution >= 4 is 11.7 Å². The van der Waals surface area contributed by atoms with E-state index >= 15 is 0 Å². The Balaban J connectivity index is 1.46. The molecular formula is C31H31N3O3. The van der Waals surface area contributed by atoms with Crippen LogP contribution in [0.5, 0.6) is 5.75 Å². The zero-order valence-electron chi connectivity index (χ0n) is 21.0. The quantitative estimate of drug-likeness (QED) is 0.325. The van der Waals surface area contributed by atoms with Crippen LogP contribution in [0, 0.1) is 0 Å². The van der Waals surface area contributed by atoms with Gasteiger partial charge in [0, 0.05) is 43.4 Å².